The monoisotopic (exact) mass is 337 g/mol. The second-order valence-corrected chi connectivity index (χ2v) is 5.03. The Bertz CT molecular complexity index is 523. The molecule has 0 saturated heterocycles. The predicted octanol–water partition coefficient (Wildman–Crippen LogP) is 0.782. The first-order chi connectivity index (χ1) is 9.95. The summed E-state index contributed by atoms with van der Waals surface area (Å²) in [5.74, 6) is 0. The summed E-state index contributed by atoms with van der Waals surface area (Å²) in [4.78, 5) is 11.6. The van der Waals surface area contributed by atoms with Gasteiger partial charge in [0.25, 0.3) is 0 Å². The molecule has 1 atom stereocenters. The standard InChI is InChI=1S/C14H16BF3NO2.K/c16-15(17,18)12-6-8-13(9-7-12)19-14(20)21-10-11-4-2-1-3-5-11;/h1-6,13H,7-10H2,(H,19,20);/q-1;+1. The smallest absolute Gasteiger partial charge is 0.445 e. The van der Waals surface area contributed by atoms with Crippen LogP contribution in [0.5, 0.6) is 0 Å². The maximum Gasteiger partial charge on any atom is 1.00 e. The third kappa shape index (κ3) is 6.46. The number of allylic oxidation sites excluding steroid dienone is 1. The molecule has 0 radical (unpaired) electrons. The fourth-order valence-corrected chi connectivity index (χ4v) is 2.21. The summed E-state index contributed by atoms with van der Waals surface area (Å²) in [7, 11) is 0. The molecule has 0 fully saturated rings. The van der Waals surface area contributed by atoms with Gasteiger partial charge in [0, 0.05) is 6.04 Å². The van der Waals surface area contributed by atoms with Gasteiger partial charge in [0.2, 0.25) is 0 Å². The molecule has 114 valence electrons. The maximum atomic E-state index is 12.5. The third-order valence-corrected chi connectivity index (χ3v) is 3.40. The number of alkyl carbamates (subject to hydrolysis) is 1. The van der Waals surface area contributed by atoms with Crippen LogP contribution in [0.3, 0.4) is 0 Å². The van der Waals surface area contributed by atoms with Gasteiger partial charge in [-0.15, -0.1) is 11.5 Å². The number of carbonyl (C=O) groups excluding carboxylic acids is 1. The third-order valence-electron chi connectivity index (χ3n) is 3.40. The molecular weight excluding hydrogens is 321 g/mol. The van der Waals surface area contributed by atoms with E-state index in [1.54, 1.807) is 0 Å². The topological polar surface area (TPSA) is 38.3 Å². The Hall–Kier alpha value is -0.279. The number of hydrogen-bond donors (Lipinski definition) is 1. The Labute approximate surface area is 170 Å². The van der Waals surface area contributed by atoms with E-state index in [2.05, 4.69) is 5.32 Å². The maximum absolute atomic E-state index is 12.5. The van der Waals surface area contributed by atoms with Crippen LogP contribution in [-0.4, -0.2) is 19.1 Å². The molecule has 0 aliphatic heterocycles. The van der Waals surface area contributed by atoms with Crippen LogP contribution in [0.4, 0.5) is 17.7 Å². The molecule has 1 N–H and O–H groups in total. The SMILES string of the molecule is O=C(NC1CC=C([B-](F)(F)F)CC1)OCc1ccccc1.[K+]. The predicted molar refractivity (Wildman–Crippen MR) is 74.6 cm³/mol. The van der Waals surface area contributed by atoms with Crippen LogP contribution < -0.4 is 56.7 Å². The molecule has 0 saturated carbocycles. The van der Waals surface area contributed by atoms with Crippen molar-refractivity contribution >= 4 is 13.1 Å². The molecule has 2 rings (SSSR count). The Morgan fingerprint density at radius 3 is 2.50 bits per heavy atom. The van der Waals surface area contributed by atoms with E-state index in [-0.39, 0.29) is 83.3 Å². The summed E-state index contributed by atoms with van der Waals surface area (Å²) in [6.07, 6.45) is 1.00. The number of amides is 1. The average Bonchev–Trinajstić information content (AvgIpc) is 2.46. The molecule has 0 aromatic heterocycles. The summed E-state index contributed by atoms with van der Waals surface area (Å²) in [5.41, 5.74) is 0.406. The van der Waals surface area contributed by atoms with Crippen molar-refractivity contribution in [2.24, 2.45) is 0 Å². The number of hydrogen-bond acceptors (Lipinski definition) is 2. The van der Waals surface area contributed by atoms with Crippen molar-refractivity contribution in [3.8, 4) is 0 Å². The zero-order valence-electron chi connectivity index (χ0n) is 12.4. The zero-order valence-corrected chi connectivity index (χ0v) is 15.5. The van der Waals surface area contributed by atoms with Crippen LogP contribution in [0.25, 0.3) is 0 Å². The van der Waals surface area contributed by atoms with Gasteiger partial charge in [0.05, 0.1) is 0 Å². The van der Waals surface area contributed by atoms with Gasteiger partial charge in [-0.05, 0) is 18.4 Å². The second-order valence-electron chi connectivity index (χ2n) is 5.03. The number of rotatable bonds is 4. The number of halogens is 3. The van der Waals surface area contributed by atoms with E-state index in [1.165, 1.54) is 6.08 Å². The van der Waals surface area contributed by atoms with Crippen molar-refractivity contribution in [1.29, 1.82) is 0 Å². The first-order valence-corrected chi connectivity index (χ1v) is 6.81. The van der Waals surface area contributed by atoms with Gasteiger partial charge in [0.1, 0.15) is 6.61 Å². The fraction of sp³-hybridized carbons (Fsp3) is 0.357. The molecule has 1 unspecified atom stereocenters. The Balaban J connectivity index is 0.00000242. The molecular formula is C14H16BF3KNO2. The Morgan fingerprint density at radius 2 is 1.95 bits per heavy atom. The van der Waals surface area contributed by atoms with Gasteiger partial charge >= 0.3 is 64.5 Å². The average molecular weight is 337 g/mol. The minimum Gasteiger partial charge on any atom is -0.445 e. The van der Waals surface area contributed by atoms with Crippen LogP contribution >= 0.6 is 0 Å². The number of carbonyl (C=O) groups is 1. The second kappa shape index (κ2) is 9.12. The van der Waals surface area contributed by atoms with Gasteiger partial charge < -0.3 is 23.0 Å². The molecule has 1 amide bonds. The summed E-state index contributed by atoms with van der Waals surface area (Å²) in [5, 5.41) is 2.59. The van der Waals surface area contributed by atoms with E-state index >= 15 is 0 Å². The van der Waals surface area contributed by atoms with E-state index in [4.69, 9.17) is 4.74 Å². The van der Waals surface area contributed by atoms with Crippen LogP contribution in [0.2, 0.25) is 0 Å². The van der Waals surface area contributed by atoms with Crippen LogP contribution in [-0.2, 0) is 11.3 Å². The summed E-state index contributed by atoms with van der Waals surface area (Å²) in [6, 6.07) is 8.89. The van der Waals surface area contributed by atoms with Crippen molar-refractivity contribution in [2.45, 2.75) is 31.9 Å². The first kappa shape index (κ1) is 19.8. The van der Waals surface area contributed by atoms with E-state index in [0.29, 0.717) is 0 Å². The van der Waals surface area contributed by atoms with Crippen molar-refractivity contribution in [3.63, 3.8) is 0 Å². The molecule has 8 heteroatoms. The molecule has 1 aliphatic carbocycles. The minimum atomic E-state index is -4.90. The molecule has 1 aromatic rings. The van der Waals surface area contributed by atoms with Crippen LogP contribution in [0, 0.1) is 0 Å². The van der Waals surface area contributed by atoms with E-state index in [0.717, 1.165) is 5.56 Å². The largest absolute Gasteiger partial charge is 1.00 e. The molecule has 0 heterocycles. The number of benzene rings is 1. The van der Waals surface area contributed by atoms with Crippen molar-refractivity contribution < 1.29 is 73.9 Å². The summed E-state index contributed by atoms with van der Waals surface area (Å²) in [6.45, 7) is -4.75. The van der Waals surface area contributed by atoms with E-state index < -0.39 is 18.5 Å². The van der Waals surface area contributed by atoms with Gasteiger partial charge in [-0.2, -0.15) is 0 Å². The van der Waals surface area contributed by atoms with Crippen LogP contribution in [0.1, 0.15) is 24.8 Å². The van der Waals surface area contributed by atoms with E-state index in [9.17, 15) is 17.7 Å². The molecule has 0 spiro atoms. The number of nitrogens with one attached hydrogen (secondary N) is 1. The summed E-state index contributed by atoms with van der Waals surface area (Å²) >= 11 is 0. The number of ether oxygens (including phenoxy) is 1. The van der Waals surface area contributed by atoms with Crippen molar-refractivity contribution in [2.75, 3.05) is 0 Å². The van der Waals surface area contributed by atoms with Gasteiger partial charge in [-0.3, -0.25) is 0 Å². The normalized spacial score (nSPS) is 18.0. The quantitative estimate of drug-likeness (QED) is 0.825. The molecule has 1 aromatic carbocycles. The van der Waals surface area contributed by atoms with Gasteiger partial charge in [-0.25, -0.2) is 4.79 Å². The minimum absolute atomic E-state index is 0. The van der Waals surface area contributed by atoms with E-state index in [1.807, 2.05) is 30.3 Å². The van der Waals surface area contributed by atoms with Crippen molar-refractivity contribution in [3.05, 3.63) is 47.4 Å². The van der Waals surface area contributed by atoms with Gasteiger partial charge in [-0.1, -0.05) is 36.8 Å². The van der Waals surface area contributed by atoms with Crippen molar-refractivity contribution in [1.82, 2.24) is 5.32 Å². The summed E-state index contributed by atoms with van der Waals surface area (Å²) < 4.78 is 42.6. The Morgan fingerprint density at radius 1 is 1.27 bits per heavy atom. The Kier molecular flexibility index (Phi) is 8.20. The van der Waals surface area contributed by atoms with Crippen LogP contribution in [0.15, 0.2) is 41.9 Å². The van der Waals surface area contributed by atoms with Gasteiger partial charge in [0.15, 0.2) is 0 Å². The first-order valence-electron chi connectivity index (χ1n) is 6.81. The molecule has 22 heavy (non-hydrogen) atoms. The molecule has 1 aliphatic rings. The molecule has 3 nitrogen and oxygen atoms in total. The zero-order chi connectivity index (χ0) is 15.3. The molecule has 0 bridgehead atoms. The fourth-order valence-electron chi connectivity index (χ4n) is 2.21.